The summed E-state index contributed by atoms with van der Waals surface area (Å²) in [6, 6.07) is 9.88. The van der Waals surface area contributed by atoms with E-state index in [0.717, 1.165) is 0 Å². The average Bonchev–Trinajstić information content (AvgIpc) is 2.48. The molecule has 0 aliphatic carbocycles. The van der Waals surface area contributed by atoms with E-state index >= 15 is 0 Å². The van der Waals surface area contributed by atoms with Crippen LogP contribution in [0.1, 0.15) is 24.2 Å². The van der Waals surface area contributed by atoms with Gasteiger partial charge < -0.3 is 16.0 Å². The van der Waals surface area contributed by atoms with Crippen LogP contribution in [-0.4, -0.2) is 23.0 Å². The lowest BCUT2D eigenvalue weighted by molar-refractivity contribution is 0.102. The first kappa shape index (κ1) is 15.5. The predicted molar refractivity (Wildman–Crippen MR) is 85.9 cm³/mol. The molecule has 114 valence electrons. The third-order valence-corrected chi connectivity index (χ3v) is 2.76. The Balaban J connectivity index is 1.96. The normalized spacial score (nSPS) is 10.1. The topological polar surface area (TPSA) is 83.1 Å². The summed E-state index contributed by atoms with van der Waals surface area (Å²) < 4.78 is 0. The van der Waals surface area contributed by atoms with Crippen molar-refractivity contribution in [3.63, 3.8) is 0 Å². The number of nitrogens with one attached hydrogen (secondary N) is 3. The van der Waals surface area contributed by atoms with Crippen LogP contribution in [0.25, 0.3) is 0 Å². The first-order valence-electron chi connectivity index (χ1n) is 6.93. The minimum Gasteiger partial charge on any atom is -0.336 e. The Labute approximate surface area is 129 Å². The van der Waals surface area contributed by atoms with Crippen molar-refractivity contribution in [1.82, 2.24) is 10.3 Å². The lowest BCUT2D eigenvalue weighted by Crippen LogP contribution is -2.34. The molecule has 0 atom stereocenters. The van der Waals surface area contributed by atoms with Gasteiger partial charge in [0, 0.05) is 35.4 Å². The summed E-state index contributed by atoms with van der Waals surface area (Å²) in [5, 5.41) is 8.19. The molecule has 0 fully saturated rings. The Kier molecular flexibility index (Phi) is 5.08. The van der Waals surface area contributed by atoms with E-state index in [0.29, 0.717) is 16.9 Å². The molecule has 0 saturated heterocycles. The molecule has 1 aromatic heterocycles. The van der Waals surface area contributed by atoms with E-state index in [-0.39, 0.29) is 18.0 Å². The maximum absolute atomic E-state index is 12.1. The fourth-order valence-corrected chi connectivity index (χ4v) is 1.77. The molecule has 2 rings (SSSR count). The highest BCUT2D eigenvalue weighted by molar-refractivity contribution is 6.04. The maximum Gasteiger partial charge on any atom is 0.319 e. The van der Waals surface area contributed by atoms with E-state index in [1.807, 2.05) is 13.8 Å². The molecule has 0 spiro atoms. The van der Waals surface area contributed by atoms with Crippen molar-refractivity contribution in [3.8, 4) is 0 Å². The van der Waals surface area contributed by atoms with Crippen molar-refractivity contribution in [3.05, 3.63) is 54.4 Å². The number of benzene rings is 1. The van der Waals surface area contributed by atoms with Crippen LogP contribution in [0.2, 0.25) is 0 Å². The highest BCUT2D eigenvalue weighted by Gasteiger charge is 2.07. The van der Waals surface area contributed by atoms with E-state index in [9.17, 15) is 9.59 Å². The standard InChI is InChI=1S/C16H18N4O2/c1-11(2)18-16(22)20-13-5-3-12(4-6-13)15(21)19-14-7-9-17-10-8-14/h3-11H,1-2H3,(H,17,19,21)(H2,18,20,22). The molecule has 0 saturated carbocycles. The first-order valence-corrected chi connectivity index (χ1v) is 6.93. The van der Waals surface area contributed by atoms with Crippen LogP contribution in [0.3, 0.4) is 0 Å². The number of carbonyl (C=O) groups excluding carboxylic acids is 2. The maximum atomic E-state index is 12.1. The monoisotopic (exact) mass is 298 g/mol. The van der Waals surface area contributed by atoms with Crippen molar-refractivity contribution < 1.29 is 9.59 Å². The summed E-state index contributed by atoms with van der Waals surface area (Å²) in [6.45, 7) is 3.76. The van der Waals surface area contributed by atoms with Gasteiger partial charge in [-0.15, -0.1) is 0 Å². The fraction of sp³-hybridized carbons (Fsp3) is 0.188. The number of amides is 3. The Hall–Kier alpha value is -2.89. The summed E-state index contributed by atoms with van der Waals surface area (Å²) in [4.78, 5) is 27.5. The minimum atomic E-state index is -0.274. The molecule has 1 aromatic carbocycles. The summed E-state index contributed by atoms with van der Waals surface area (Å²) in [7, 11) is 0. The Morgan fingerprint density at radius 2 is 1.50 bits per heavy atom. The van der Waals surface area contributed by atoms with Crippen LogP contribution in [0.4, 0.5) is 16.2 Å². The van der Waals surface area contributed by atoms with E-state index in [2.05, 4.69) is 20.9 Å². The summed E-state index contributed by atoms with van der Waals surface area (Å²) in [5.41, 5.74) is 1.81. The molecule has 0 unspecified atom stereocenters. The van der Waals surface area contributed by atoms with Gasteiger partial charge in [0.05, 0.1) is 0 Å². The molecule has 6 heteroatoms. The molecule has 0 bridgehead atoms. The van der Waals surface area contributed by atoms with Gasteiger partial charge >= 0.3 is 6.03 Å². The summed E-state index contributed by atoms with van der Waals surface area (Å²) in [5.74, 6) is -0.218. The number of rotatable bonds is 4. The van der Waals surface area contributed by atoms with Gasteiger partial charge in [-0.25, -0.2) is 4.79 Å². The Morgan fingerprint density at radius 1 is 0.909 bits per heavy atom. The van der Waals surface area contributed by atoms with Gasteiger partial charge in [-0.1, -0.05) is 0 Å². The number of hydrogen-bond donors (Lipinski definition) is 3. The lowest BCUT2D eigenvalue weighted by atomic mass is 10.2. The number of urea groups is 1. The molecule has 3 amide bonds. The van der Waals surface area contributed by atoms with Gasteiger partial charge in [-0.3, -0.25) is 9.78 Å². The van der Waals surface area contributed by atoms with Gasteiger partial charge in [0.25, 0.3) is 5.91 Å². The van der Waals surface area contributed by atoms with Crippen molar-refractivity contribution >= 4 is 23.3 Å². The van der Waals surface area contributed by atoms with Gasteiger partial charge in [0.15, 0.2) is 0 Å². The molecular weight excluding hydrogens is 280 g/mol. The predicted octanol–water partition coefficient (Wildman–Crippen LogP) is 2.86. The van der Waals surface area contributed by atoms with Crippen LogP contribution in [0.5, 0.6) is 0 Å². The molecular formula is C16H18N4O2. The third-order valence-electron chi connectivity index (χ3n) is 2.76. The van der Waals surface area contributed by atoms with Crippen LogP contribution >= 0.6 is 0 Å². The smallest absolute Gasteiger partial charge is 0.319 e. The number of carbonyl (C=O) groups is 2. The van der Waals surface area contributed by atoms with Crippen molar-refractivity contribution in [2.45, 2.75) is 19.9 Å². The second kappa shape index (κ2) is 7.21. The second-order valence-corrected chi connectivity index (χ2v) is 5.02. The highest BCUT2D eigenvalue weighted by atomic mass is 16.2. The van der Waals surface area contributed by atoms with Crippen molar-refractivity contribution in [2.75, 3.05) is 10.6 Å². The van der Waals surface area contributed by atoms with Gasteiger partial charge in [-0.05, 0) is 50.2 Å². The van der Waals surface area contributed by atoms with Crippen LogP contribution < -0.4 is 16.0 Å². The molecule has 2 aromatic rings. The quantitative estimate of drug-likeness (QED) is 0.811. The zero-order chi connectivity index (χ0) is 15.9. The summed E-state index contributed by atoms with van der Waals surface area (Å²) in [6.07, 6.45) is 3.21. The molecule has 6 nitrogen and oxygen atoms in total. The highest BCUT2D eigenvalue weighted by Crippen LogP contribution is 2.12. The minimum absolute atomic E-state index is 0.0606. The molecule has 0 radical (unpaired) electrons. The number of aromatic nitrogens is 1. The Morgan fingerprint density at radius 3 is 2.09 bits per heavy atom. The van der Waals surface area contributed by atoms with E-state index in [1.165, 1.54) is 0 Å². The molecule has 22 heavy (non-hydrogen) atoms. The lowest BCUT2D eigenvalue weighted by Gasteiger charge is -2.10. The zero-order valence-corrected chi connectivity index (χ0v) is 12.5. The number of pyridine rings is 1. The van der Waals surface area contributed by atoms with E-state index in [1.54, 1.807) is 48.8 Å². The molecule has 1 heterocycles. The molecule has 0 aliphatic heterocycles. The summed E-state index contributed by atoms with van der Waals surface area (Å²) >= 11 is 0. The van der Waals surface area contributed by atoms with Gasteiger partial charge in [-0.2, -0.15) is 0 Å². The molecule has 3 N–H and O–H groups in total. The van der Waals surface area contributed by atoms with Crippen LogP contribution in [0, 0.1) is 0 Å². The van der Waals surface area contributed by atoms with Crippen molar-refractivity contribution in [2.24, 2.45) is 0 Å². The van der Waals surface area contributed by atoms with Crippen LogP contribution in [0.15, 0.2) is 48.8 Å². The van der Waals surface area contributed by atoms with Crippen molar-refractivity contribution in [1.29, 1.82) is 0 Å². The third kappa shape index (κ3) is 4.59. The van der Waals surface area contributed by atoms with E-state index < -0.39 is 0 Å². The first-order chi connectivity index (χ1) is 10.5. The van der Waals surface area contributed by atoms with Gasteiger partial charge in [0.1, 0.15) is 0 Å². The number of anilines is 2. The molecule has 0 aliphatic rings. The average molecular weight is 298 g/mol. The van der Waals surface area contributed by atoms with Gasteiger partial charge in [0.2, 0.25) is 0 Å². The number of nitrogens with zero attached hydrogens (tertiary/aromatic N) is 1. The second-order valence-electron chi connectivity index (χ2n) is 5.02. The SMILES string of the molecule is CC(C)NC(=O)Nc1ccc(C(=O)Nc2ccncc2)cc1. The fourth-order valence-electron chi connectivity index (χ4n) is 1.77. The largest absolute Gasteiger partial charge is 0.336 e. The number of hydrogen-bond acceptors (Lipinski definition) is 3. The zero-order valence-electron chi connectivity index (χ0n) is 12.5. The van der Waals surface area contributed by atoms with E-state index in [4.69, 9.17) is 0 Å². The van der Waals surface area contributed by atoms with Crippen LogP contribution in [-0.2, 0) is 0 Å². The Bertz CT molecular complexity index is 639.